The van der Waals surface area contributed by atoms with E-state index in [2.05, 4.69) is 176 Å². The Labute approximate surface area is 339 Å². The third kappa shape index (κ3) is 5.42. The number of furan rings is 1. The van der Waals surface area contributed by atoms with Gasteiger partial charge in [0.2, 0.25) is 0 Å². The summed E-state index contributed by atoms with van der Waals surface area (Å²) in [6.45, 7) is 0. The van der Waals surface area contributed by atoms with Crippen LogP contribution in [0, 0.1) is 0 Å². The number of nitrogens with zero attached hydrogens (tertiary/aromatic N) is 3. The van der Waals surface area contributed by atoms with E-state index >= 15 is 0 Å². The van der Waals surface area contributed by atoms with Gasteiger partial charge in [0, 0.05) is 33.0 Å². The fourth-order valence-corrected chi connectivity index (χ4v) is 8.95. The van der Waals surface area contributed by atoms with Gasteiger partial charge in [0.25, 0.3) is 0 Å². The Morgan fingerprint density at radius 2 is 0.831 bits per heavy atom. The van der Waals surface area contributed by atoms with Gasteiger partial charge < -0.3 is 4.42 Å². The lowest BCUT2D eigenvalue weighted by Gasteiger charge is -2.18. The summed E-state index contributed by atoms with van der Waals surface area (Å²) in [6.07, 6.45) is 0. The molecule has 0 saturated carbocycles. The Balaban J connectivity index is 1.21. The maximum absolute atomic E-state index is 6.81. The SMILES string of the molecule is c1ccc(-c2nc(-c3ccc4ccccc4c3)nc(-c3cc(-c4ccc(-c5ccccc5)c5oc6ccccc6c45)c4c5ccccc5c5ccccc5c4c3)n2)cc1. The van der Waals surface area contributed by atoms with Crippen molar-refractivity contribution in [2.75, 3.05) is 0 Å². The smallest absolute Gasteiger partial charge is 0.164 e. The summed E-state index contributed by atoms with van der Waals surface area (Å²) >= 11 is 0. The van der Waals surface area contributed by atoms with Crippen molar-refractivity contribution in [1.82, 2.24) is 15.0 Å². The summed E-state index contributed by atoms with van der Waals surface area (Å²) in [4.78, 5) is 15.7. The molecule has 0 bridgehead atoms. The molecule has 0 atom stereocenters. The molecule has 0 unspecified atom stereocenters. The number of rotatable bonds is 5. The number of hydrogen-bond acceptors (Lipinski definition) is 4. The lowest BCUT2D eigenvalue weighted by atomic mass is 9.86. The Morgan fingerprint density at radius 1 is 0.288 bits per heavy atom. The van der Waals surface area contributed by atoms with Crippen LogP contribution in [-0.4, -0.2) is 15.0 Å². The molecule has 0 N–H and O–H groups in total. The van der Waals surface area contributed by atoms with Crippen LogP contribution in [0.15, 0.2) is 205 Å². The molecule has 0 amide bonds. The molecule has 0 aliphatic heterocycles. The van der Waals surface area contributed by atoms with Crippen LogP contribution in [0.5, 0.6) is 0 Å². The predicted octanol–water partition coefficient (Wildman–Crippen LogP) is 14.7. The highest BCUT2D eigenvalue weighted by Crippen LogP contribution is 2.47. The molecule has 0 aliphatic rings. The number of hydrogen-bond donors (Lipinski definition) is 0. The molecule has 0 radical (unpaired) electrons. The third-order valence-electron chi connectivity index (χ3n) is 11.7. The molecule has 0 aliphatic carbocycles. The second-order valence-corrected chi connectivity index (χ2v) is 15.1. The summed E-state index contributed by atoms with van der Waals surface area (Å²) in [7, 11) is 0. The Kier molecular flexibility index (Phi) is 7.50. The minimum absolute atomic E-state index is 0.608. The van der Waals surface area contributed by atoms with Gasteiger partial charge in [-0.05, 0) is 90.1 Å². The van der Waals surface area contributed by atoms with Crippen molar-refractivity contribution < 1.29 is 4.42 Å². The first kappa shape index (κ1) is 33.2. The zero-order valence-corrected chi connectivity index (χ0v) is 31.8. The summed E-state index contributed by atoms with van der Waals surface area (Å²) in [6, 6.07) is 70.4. The Hall–Kier alpha value is -7.95. The van der Waals surface area contributed by atoms with Gasteiger partial charge in [0.1, 0.15) is 11.2 Å². The molecule has 59 heavy (non-hydrogen) atoms. The van der Waals surface area contributed by atoms with Crippen molar-refractivity contribution in [2.45, 2.75) is 0 Å². The molecule has 12 rings (SSSR count). The van der Waals surface area contributed by atoms with Gasteiger partial charge in [-0.3, -0.25) is 0 Å². The van der Waals surface area contributed by atoms with Crippen LogP contribution in [0.1, 0.15) is 0 Å². The Morgan fingerprint density at radius 3 is 1.58 bits per heavy atom. The third-order valence-corrected chi connectivity index (χ3v) is 11.7. The maximum atomic E-state index is 6.81. The van der Waals surface area contributed by atoms with Crippen LogP contribution in [-0.2, 0) is 0 Å². The van der Waals surface area contributed by atoms with Crippen LogP contribution in [0.4, 0.5) is 0 Å². The average molecular weight is 752 g/mol. The van der Waals surface area contributed by atoms with E-state index < -0.39 is 0 Å². The first-order chi connectivity index (χ1) is 29.2. The second kappa shape index (κ2) is 13.3. The van der Waals surface area contributed by atoms with Crippen molar-refractivity contribution in [3.8, 4) is 56.4 Å². The van der Waals surface area contributed by atoms with Gasteiger partial charge in [0.05, 0.1) is 0 Å². The van der Waals surface area contributed by atoms with Gasteiger partial charge in [-0.15, -0.1) is 0 Å². The van der Waals surface area contributed by atoms with E-state index in [0.717, 1.165) is 71.7 Å². The highest BCUT2D eigenvalue weighted by Gasteiger charge is 2.23. The molecule has 0 saturated heterocycles. The second-order valence-electron chi connectivity index (χ2n) is 15.1. The minimum atomic E-state index is 0.608. The molecular weight excluding hydrogens is 719 g/mol. The number of para-hydroxylation sites is 1. The molecular formula is C55H33N3O. The summed E-state index contributed by atoms with van der Waals surface area (Å²) < 4.78 is 6.81. The molecule has 2 heterocycles. The standard InChI is InChI=1S/C55H33N3O/c1-3-16-35(17-4-1)40-29-30-45(51-46-25-13-14-26-49(46)59-52(40)51)48-33-39(32-47-43-23-10-9-21-41(43)42-22-11-12-24-44(42)50(47)48)55-57-53(36-18-5-2-6-19-36)56-54(58-55)38-28-27-34-15-7-8-20-37(34)31-38/h1-33H. The lowest BCUT2D eigenvalue weighted by Crippen LogP contribution is -2.01. The van der Waals surface area contributed by atoms with E-state index in [1.807, 2.05) is 24.3 Å². The van der Waals surface area contributed by atoms with Gasteiger partial charge in [-0.25, -0.2) is 15.0 Å². The van der Waals surface area contributed by atoms with E-state index in [1.54, 1.807) is 0 Å². The topological polar surface area (TPSA) is 51.8 Å². The highest BCUT2D eigenvalue weighted by atomic mass is 16.3. The molecule has 0 fully saturated rings. The number of fused-ring (bicyclic) bond motifs is 10. The van der Waals surface area contributed by atoms with Crippen LogP contribution in [0.2, 0.25) is 0 Å². The van der Waals surface area contributed by atoms with Crippen LogP contribution in [0.3, 0.4) is 0 Å². The van der Waals surface area contributed by atoms with E-state index in [9.17, 15) is 0 Å². The lowest BCUT2D eigenvalue weighted by molar-refractivity contribution is 0.670. The van der Waals surface area contributed by atoms with Gasteiger partial charge in [-0.2, -0.15) is 0 Å². The van der Waals surface area contributed by atoms with Gasteiger partial charge in [-0.1, -0.05) is 170 Å². The fraction of sp³-hybridized carbons (Fsp3) is 0. The van der Waals surface area contributed by atoms with Gasteiger partial charge >= 0.3 is 0 Å². The van der Waals surface area contributed by atoms with Crippen molar-refractivity contribution in [3.63, 3.8) is 0 Å². The molecule has 274 valence electrons. The van der Waals surface area contributed by atoms with E-state index in [1.165, 1.54) is 32.3 Å². The fourth-order valence-electron chi connectivity index (χ4n) is 8.95. The van der Waals surface area contributed by atoms with Crippen LogP contribution < -0.4 is 0 Å². The van der Waals surface area contributed by atoms with Crippen molar-refractivity contribution in [2.24, 2.45) is 0 Å². The monoisotopic (exact) mass is 751 g/mol. The van der Waals surface area contributed by atoms with E-state index in [-0.39, 0.29) is 0 Å². The van der Waals surface area contributed by atoms with Crippen LogP contribution >= 0.6 is 0 Å². The molecule has 10 aromatic carbocycles. The minimum Gasteiger partial charge on any atom is -0.455 e. The van der Waals surface area contributed by atoms with Crippen molar-refractivity contribution in [1.29, 1.82) is 0 Å². The van der Waals surface area contributed by atoms with E-state index in [4.69, 9.17) is 19.4 Å². The first-order valence-corrected chi connectivity index (χ1v) is 19.9. The zero-order valence-electron chi connectivity index (χ0n) is 31.8. The molecule has 4 nitrogen and oxygen atoms in total. The Bertz CT molecular complexity index is 3610. The number of benzene rings is 10. The summed E-state index contributed by atoms with van der Waals surface area (Å²) in [5.74, 6) is 1.86. The van der Waals surface area contributed by atoms with Crippen molar-refractivity contribution in [3.05, 3.63) is 200 Å². The summed E-state index contributed by atoms with van der Waals surface area (Å²) in [5, 5.41) is 11.5. The highest BCUT2D eigenvalue weighted by molar-refractivity contribution is 6.30. The van der Waals surface area contributed by atoms with Crippen molar-refractivity contribution >= 4 is 65.0 Å². The van der Waals surface area contributed by atoms with E-state index in [0.29, 0.717) is 17.5 Å². The largest absolute Gasteiger partial charge is 0.455 e. The maximum Gasteiger partial charge on any atom is 0.164 e. The first-order valence-electron chi connectivity index (χ1n) is 19.9. The number of aromatic nitrogens is 3. The summed E-state index contributed by atoms with van der Waals surface area (Å²) in [5.41, 5.74) is 8.83. The average Bonchev–Trinajstić information content (AvgIpc) is 3.71. The quantitative estimate of drug-likeness (QED) is 0.164. The van der Waals surface area contributed by atoms with Crippen LogP contribution in [0.25, 0.3) is 121 Å². The molecule has 2 aromatic heterocycles. The zero-order chi connectivity index (χ0) is 38.9. The normalized spacial score (nSPS) is 11.7. The van der Waals surface area contributed by atoms with Gasteiger partial charge in [0.15, 0.2) is 17.5 Å². The molecule has 0 spiro atoms. The molecule has 4 heteroatoms. The molecule has 12 aromatic rings. The predicted molar refractivity (Wildman–Crippen MR) is 244 cm³/mol.